The molecule has 0 bridgehead atoms. The van der Waals surface area contributed by atoms with Crippen molar-refractivity contribution in [2.45, 2.75) is 20.8 Å². The second kappa shape index (κ2) is 3.28. The van der Waals surface area contributed by atoms with Crippen molar-refractivity contribution in [2.24, 2.45) is 0 Å². The first-order chi connectivity index (χ1) is 6.63. The predicted molar refractivity (Wildman–Crippen MR) is 62.6 cm³/mol. The maximum Gasteiger partial charge on any atom is 0.136 e. The number of methoxy groups -OCH3 is 1. The number of ether oxygens (including phenoxy) is 1. The molecule has 1 aromatic carbocycles. The fraction of sp³-hybridized carbons (Fsp3) is 0.333. The molecule has 0 spiro atoms. The molecule has 1 heterocycles. The van der Waals surface area contributed by atoms with Gasteiger partial charge in [0.05, 0.1) is 11.8 Å². The van der Waals surface area contributed by atoms with Crippen molar-refractivity contribution in [3.8, 4) is 5.75 Å². The van der Waals surface area contributed by atoms with Gasteiger partial charge in [-0.2, -0.15) is 0 Å². The van der Waals surface area contributed by atoms with Crippen molar-refractivity contribution in [3.63, 3.8) is 0 Å². The van der Waals surface area contributed by atoms with Crippen LogP contribution in [0.3, 0.4) is 0 Å². The van der Waals surface area contributed by atoms with Gasteiger partial charge in [0.15, 0.2) is 0 Å². The average Bonchev–Trinajstić information content (AvgIpc) is 2.43. The first-order valence-corrected chi connectivity index (χ1v) is 5.49. The van der Waals surface area contributed by atoms with Crippen LogP contribution in [0.2, 0.25) is 0 Å². The highest BCUT2D eigenvalue weighted by atomic mass is 32.1. The highest BCUT2D eigenvalue weighted by Gasteiger charge is 2.09. The lowest BCUT2D eigenvalue weighted by Gasteiger charge is -2.03. The van der Waals surface area contributed by atoms with Gasteiger partial charge in [0.25, 0.3) is 0 Å². The Morgan fingerprint density at radius 3 is 2.50 bits per heavy atom. The minimum atomic E-state index is 1.00. The monoisotopic (exact) mass is 206 g/mol. The van der Waals surface area contributed by atoms with E-state index in [2.05, 4.69) is 32.9 Å². The summed E-state index contributed by atoms with van der Waals surface area (Å²) in [6.07, 6.45) is 0. The molecule has 0 unspecified atom stereocenters. The molecular formula is C12H14OS. The number of benzene rings is 1. The highest BCUT2D eigenvalue weighted by molar-refractivity contribution is 7.19. The summed E-state index contributed by atoms with van der Waals surface area (Å²) in [4.78, 5) is 1.38. The highest BCUT2D eigenvalue weighted by Crippen LogP contribution is 2.37. The molecule has 0 aliphatic rings. The van der Waals surface area contributed by atoms with Crippen molar-refractivity contribution in [3.05, 3.63) is 28.1 Å². The Hall–Kier alpha value is -1.02. The molecule has 0 atom stereocenters. The van der Waals surface area contributed by atoms with Crippen LogP contribution >= 0.6 is 11.3 Å². The van der Waals surface area contributed by atoms with Crippen molar-refractivity contribution in [1.82, 2.24) is 0 Å². The van der Waals surface area contributed by atoms with Gasteiger partial charge in [-0.1, -0.05) is 6.07 Å². The molecule has 2 aromatic rings. The summed E-state index contributed by atoms with van der Waals surface area (Å²) in [5, 5.41) is 1.34. The lowest BCUT2D eigenvalue weighted by atomic mass is 10.1. The molecule has 0 saturated heterocycles. The summed E-state index contributed by atoms with van der Waals surface area (Å²) in [5.41, 5.74) is 2.64. The van der Waals surface area contributed by atoms with Crippen molar-refractivity contribution >= 4 is 21.4 Å². The topological polar surface area (TPSA) is 9.23 Å². The quantitative estimate of drug-likeness (QED) is 0.689. The van der Waals surface area contributed by atoms with Gasteiger partial charge in [-0.3, -0.25) is 0 Å². The minimum Gasteiger partial charge on any atom is -0.495 e. The summed E-state index contributed by atoms with van der Waals surface area (Å²) >= 11 is 1.81. The third kappa shape index (κ3) is 1.30. The van der Waals surface area contributed by atoms with Crippen LogP contribution in [-0.4, -0.2) is 7.11 Å². The van der Waals surface area contributed by atoms with Crippen LogP contribution in [0.4, 0.5) is 0 Å². The third-order valence-corrected chi connectivity index (χ3v) is 3.84. The second-order valence-corrected chi connectivity index (χ2v) is 4.85. The Kier molecular flexibility index (Phi) is 2.23. The van der Waals surface area contributed by atoms with Crippen molar-refractivity contribution in [1.29, 1.82) is 0 Å². The van der Waals surface area contributed by atoms with Gasteiger partial charge in [0, 0.05) is 4.88 Å². The minimum absolute atomic E-state index is 1.00. The lowest BCUT2D eigenvalue weighted by Crippen LogP contribution is -1.84. The Bertz CT molecular complexity index is 483. The number of rotatable bonds is 1. The summed E-state index contributed by atoms with van der Waals surface area (Å²) in [7, 11) is 1.73. The zero-order valence-corrected chi connectivity index (χ0v) is 9.79. The largest absolute Gasteiger partial charge is 0.495 e. The van der Waals surface area contributed by atoms with E-state index in [-0.39, 0.29) is 0 Å². The number of aryl methyl sites for hydroxylation is 3. The zero-order chi connectivity index (χ0) is 10.3. The molecule has 0 aliphatic heterocycles. The lowest BCUT2D eigenvalue weighted by molar-refractivity contribution is 0.420. The fourth-order valence-electron chi connectivity index (χ4n) is 1.69. The smallest absolute Gasteiger partial charge is 0.136 e. The SMILES string of the molecule is COc1cc(C)cc2c(C)c(C)sc12. The fourth-order valence-corrected chi connectivity index (χ4v) is 2.83. The summed E-state index contributed by atoms with van der Waals surface area (Å²) < 4.78 is 6.66. The Morgan fingerprint density at radius 1 is 1.14 bits per heavy atom. The van der Waals surface area contributed by atoms with Crippen LogP contribution in [0.15, 0.2) is 12.1 Å². The summed E-state index contributed by atoms with van der Waals surface area (Å²) in [6, 6.07) is 4.33. The molecule has 0 aliphatic carbocycles. The van der Waals surface area contributed by atoms with Gasteiger partial charge in [0.1, 0.15) is 5.75 Å². The van der Waals surface area contributed by atoms with Gasteiger partial charge >= 0.3 is 0 Å². The molecular weight excluding hydrogens is 192 g/mol. The molecule has 14 heavy (non-hydrogen) atoms. The van der Waals surface area contributed by atoms with Gasteiger partial charge < -0.3 is 4.74 Å². The van der Waals surface area contributed by atoms with Crippen LogP contribution in [0.25, 0.3) is 10.1 Å². The van der Waals surface area contributed by atoms with Crippen LogP contribution < -0.4 is 4.74 Å². The molecule has 2 heteroatoms. The number of thiophene rings is 1. The standard InChI is InChI=1S/C12H14OS/c1-7-5-10-8(2)9(3)14-12(10)11(6-7)13-4/h5-6H,1-4H3. The maximum absolute atomic E-state index is 5.39. The summed E-state index contributed by atoms with van der Waals surface area (Å²) in [5.74, 6) is 1.00. The van der Waals surface area contributed by atoms with E-state index in [0.717, 1.165) is 5.75 Å². The van der Waals surface area contributed by atoms with Crippen molar-refractivity contribution < 1.29 is 4.74 Å². The first kappa shape index (κ1) is 9.53. The molecule has 0 amide bonds. The predicted octanol–water partition coefficient (Wildman–Crippen LogP) is 3.84. The maximum atomic E-state index is 5.39. The Labute approximate surface area is 88.3 Å². The number of fused-ring (bicyclic) bond motifs is 1. The zero-order valence-electron chi connectivity index (χ0n) is 8.97. The van der Waals surface area contributed by atoms with Gasteiger partial charge in [-0.05, 0) is 43.4 Å². The molecule has 2 rings (SSSR count). The molecule has 0 fully saturated rings. The Morgan fingerprint density at radius 2 is 1.86 bits per heavy atom. The number of hydrogen-bond donors (Lipinski definition) is 0. The average molecular weight is 206 g/mol. The normalized spacial score (nSPS) is 10.9. The summed E-state index contributed by atoms with van der Waals surface area (Å²) in [6.45, 7) is 6.44. The van der Waals surface area contributed by atoms with Gasteiger partial charge in [-0.15, -0.1) is 11.3 Å². The van der Waals surface area contributed by atoms with Crippen molar-refractivity contribution in [2.75, 3.05) is 7.11 Å². The molecule has 0 N–H and O–H groups in total. The van der Waals surface area contributed by atoms with Crippen LogP contribution in [0.1, 0.15) is 16.0 Å². The van der Waals surface area contributed by atoms with Gasteiger partial charge in [0.2, 0.25) is 0 Å². The van der Waals surface area contributed by atoms with E-state index >= 15 is 0 Å². The molecule has 0 radical (unpaired) electrons. The van der Waals surface area contributed by atoms with E-state index in [9.17, 15) is 0 Å². The van der Waals surface area contributed by atoms with E-state index in [0.29, 0.717) is 0 Å². The molecule has 74 valence electrons. The van der Waals surface area contributed by atoms with E-state index in [1.807, 2.05) is 11.3 Å². The first-order valence-electron chi connectivity index (χ1n) is 4.68. The van der Waals surface area contributed by atoms with E-state index in [1.54, 1.807) is 7.11 Å². The van der Waals surface area contributed by atoms with Crippen LogP contribution in [0.5, 0.6) is 5.75 Å². The van der Waals surface area contributed by atoms with E-state index in [1.165, 1.54) is 26.1 Å². The third-order valence-electron chi connectivity index (χ3n) is 2.61. The van der Waals surface area contributed by atoms with E-state index < -0.39 is 0 Å². The van der Waals surface area contributed by atoms with Crippen LogP contribution in [-0.2, 0) is 0 Å². The second-order valence-electron chi connectivity index (χ2n) is 3.63. The Balaban J connectivity index is 2.87. The van der Waals surface area contributed by atoms with Crippen LogP contribution in [0, 0.1) is 20.8 Å². The number of hydrogen-bond acceptors (Lipinski definition) is 2. The molecule has 1 aromatic heterocycles. The molecule has 0 saturated carbocycles. The van der Waals surface area contributed by atoms with Gasteiger partial charge in [-0.25, -0.2) is 0 Å². The van der Waals surface area contributed by atoms with E-state index in [4.69, 9.17) is 4.74 Å². The molecule has 1 nitrogen and oxygen atoms in total.